The number of carbonyl (C=O) groups excluding carboxylic acids is 3. The Morgan fingerprint density at radius 2 is 1.83 bits per heavy atom. The molecule has 24 heavy (non-hydrogen) atoms. The third kappa shape index (κ3) is 3.74. The SMILES string of the molecule is CC(=O)C[C@@H](c1ccccc1)[C@@]1(C(=O)OC(C)(C)C)CCCC1=O. The monoisotopic (exact) mass is 330 g/mol. The Morgan fingerprint density at radius 1 is 1.21 bits per heavy atom. The summed E-state index contributed by atoms with van der Waals surface area (Å²) in [4.78, 5) is 37.7. The number of ether oxygens (including phenoxy) is 1. The number of esters is 1. The van der Waals surface area contributed by atoms with Gasteiger partial charge in [0.05, 0.1) is 0 Å². The predicted octanol–water partition coefficient (Wildman–Crippen LogP) is 3.83. The van der Waals surface area contributed by atoms with Crippen LogP contribution in [0.15, 0.2) is 30.3 Å². The van der Waals surface area contributed by atoms with Crippen molar-refractivity contribution in [2.24, 2.45) is 5.41 Å². The highest BCUT2D eigenvalue weighted by atomic mass is 16.6. The molecule has 1 fully saturated rings. The van der Waals surface area contributed by atoms with Crippen molar-refractivity contribution < 1.29 is 19.1 Å². The van der Waals surface area contributed by atoms with Crippen LogP contribution in [0.4, 0.5) is 0 Å². The number of hydrogen-bond donors (Lipinski definition) is 0. The molecule has 1 aliphatic rings. The van der Waals surface area contributed by atoms with Crippen LogP contribution >= 0.6 is 0 Å². The Bertz CT molecular complexity index is 627. The van der Waals surface area contributed by atoms with Crippen LogP contribution in [0, 0.1) is 5.41 Å². The molecule has 0 heterocycles. The first-order chi connectivity index (χ1) is 11.2. The summed E-state index contributed by atoms with van der Waals surface area (Å²) in [5, 5.41) is 0. The number of carbonyl (C=O) groups is 3. The van der Waals surface area contributed by atoms with E-state index in [2.05, 4.69) is 0 Å². The van der Waals surface area contributed by atoms with Crippen molar-refractivity contribution in [2.45, 2.75) is 64.9 Å². The highest BCUT2D eigenvalue weighted by Crippen LogP contribution is 2.49. The van der Waals surface area contributed by atoms with Crippen molar-refractivity contribution in [3.63, 3.8) is 0 Å². The largest absolute Gasteiger partial charge is 0.459 e. The first-order valence-electron chi connectivity index (χ1n) is 8.48. The molecule has 0 amide bonds. The minimum absolute atomic E-state index is 0.0357. The summed E-state index contributed by atoms with van der Waals surface area (Å²) in [6.45, 7) is 6.87. The van der Waals surface area contributed by atoms with E-state index in [0.717, 1.165) is 5.56 Å². The fourth-order valence-electron chi connectivity index (χ4n) is 3.54. The van der Waals surface area contributed by atoms with Crippen LogP contribution in [-0.4, -0.2) is 23.1 Å². The molecule has 0 radical (unpaired) electrons. The van der Waals surface area contributed by atoms with Crippen molar-refractivity contribution in [2.75, 3.05) is 0 Å². The molecule has 4 heteroatoms. The number of rotatable bonds is 5. The smallest absolute Gasteiger partial charge is 0.320 e. The summed E-state index contributed by atoms with van der Waals surface area (Å²) >= 11 is 0. The van der Waals surface area contributed by atoms with Crippen molar-refractivity contribution in [3.05, 3.63) is 35.9 Å². The molecule has 1 aliphatic carbocycles. The van der Waals surface area contributed by atoms with Crippen molar-refractivity contribution in [1.82, 2.24) is 0 Å². The summed E-state index contributed by atoms with van der Waals surface area (Å²) in [7, 11) is 0. The molecule has 0 N–H and O–H groups in total. The van der Waals surface area contributed by atoms with Crippen molar-refractivity contribution in [1.29, 1.82) is 0 Å². The van der Waals surface area contributed by atoms with E-state index in [1.807, 2.05) is 30.3 Å². The second-order valence-electron chi connectivity index (χ2n) is 7.62. The van der Waals surface area contributed by atoms with Gasteiger partial charge >= 0.3 is 5.97 Å². The van der Waals surface area contributed by atoms with E-state index in [1.165, 1.54) is 6.92 Å². The zero-order valence-corrected chi connectivity index (χ0v) is 14.9. The van der Waals surface area contributed by atoms with Gasteiger partial charge in [-0.05, 0) is 46.1 Å². The standard InChI is InChI=1S/C20H26O4/c1-14(21)13-16(15-9-6-5-7-10-15)20(12-8-11-17(20)22)18(23)24-19(2,3)4/h5-7,9-10,16H,8,11-13H2,1-4H3/t16-,20-/m0/s1. The van der Waals surface area contributed by atoms with Gasteiger partial charge in [-0.15, -0.1) is 0 Å². The highest BCUT2D eigenvalue weighted by molar-refractivity contribution is 6.07. The molecular formula is C20H26O4. The van der Waals surface area contributed by atoms with E-state index in [-0.39, 0.29) is 18.0 Å². The number of benzene rings is 1. The summed E-state index contributed by atoms with van der Waals surface area (Å²) in [6.07, 6.45) is 1.61. The Morgan fingerprint density at radius 3 is 2.29 bits per heavy atom. The molecule has 2 rings (SSSR count). The molecule has 0 spiro atoms. The van der Waals surface area contributed by atoms with Crippen LogP contribution in [0.25, 0.3) is 0 Å². The summed E-state index contributed by atoms with van der Waals surface area (Å²) < 4.78 is 5.61. The Labute approximate surface area is 143 Å². The third-order valence-corrected chi connectivity index (χ3v) is 4.52. The highest BCUT2D eigenvalue weighted by Gasteiger charge is 2.56. The maximum Gasteiger partial charge on any atom is 0.320 e. The first-order valence-corrected chi connectivity index (χ1v) is 8.48. The van der Waals surface area contributed by atoms with Gasteiger partial charge in [-0.3, -0.25) is 9.59 Å². The second-order valence-corrected chi connectivity index (χ2v) is 7.62. The van der Waals surface area contributed by atoms with Crippen LogP contribution in [0.5, 0.6) is 0 Å². The number of hydrogen-bond acceptors (Lipinski definition) is 4. The fourth-order valence-corrected chi connectivity index (χ4v) is 3.54. The van der Waals surface area contributed by atoms with E-state index in [1.54, 1.807) is 20.8 Å². The van der Waals surface area contributed by atoms with Gasteiger partial charge in [-0.25, -0.2) is 0 Å². The van der Waals surface area contributed by atoms with Gasteiger partial charge in [0.1, 0.15) is 16.8 Å². The average Bonchev–Trinajstić information content (AvgIpc) is 2.86. The predicted molar refractivity (Wildman–Crippen MR) is 91.6 cm³/mol. The van der Waals surface area contributed by atoms with E-state index >= 15 is 0 Å². The van der Waals surface area contributed by atoms with Crippen LogP contribution in [0.2, 0.25) is 0 Å². The van der Waals surface area contributed by atoms with Crippen LogP contribution < -0.4 is 0 Å². The van der Waals surface area contributed by atoms with Crippen molar-refractivity contribution >= 4 is 17.5 Å². The number of Topliss-reactive ketones (excluding diaryl/α,β-unsaturated/α-hetero) is 2. The average molecular weight is 330 g/mol. The molecule has 0 aromatic heterocycles. The lowest BCUT2D eigenvalue weighted by atomic mass is 9.68. The lowest BCUT2D eigenvalue weighted by Gasteiger charge is -2.36. The molecular weight excluding hydrogens is 304 g/mol. The third-order valence-electron chi connectivity index (χ3n) is 4.52. The molecule has 1 aromatic rings. The zero-order chi connectivity index (χ0) is 18.0. The van der Waals surface area contributed by atoms with Gasteiger partial charge in [0.2, 0.25) is 0 Å². The summed E-state index contributed by atoms with van der Waals surface area (Å²) in [6, 6.07) is 9.37. The number of ketones is 2. The normalized spacial score (nSPS) is 22.2. The maximum atomic E-state index is 13.0. The van der Waals surface area contributed by atoms with Crippen LogP contribution in [0.1, 0.15) is 64.9 Å². The van der Waals surface area contributed by atoms with Crippen LogP contribution in [-0.2, 0) is 19.1 Å². The molecule has 1 saturated carbocycles. The Balaban J connectivity index is 2.52. The molecule has 0 bridgehead atoms. The Hall–Kier alpha value is -1.97. The van der Waals surface area contributed by atoms with E-state index in [9.17, 15) is 14.4 Å². The van der Waals surface area contributed by atoms with Gasteiger partial charge in [-0.2, -0.15) is 0 Å². The fraction of sp³-hybridized carbons (Fsp3) is 0.550. The van der Waals surface area contributed by atoms with Crippen molar-refractivity contribution in [3.8, 4) is 0 Å². The first kappa shape index (κ1) is 18.4. The quantitative estimate of drug-likeness (QED) is 0.608. The van der Waals surface area contributed by atoms with E-state index in [4.69, 9.17) is 4.74 Å². The Kier molecular flexibility index (Phi) is 5.26. The summed E-state index contributed by atoms with van der Waals surface area (Å²) in [5.74, 6) is -1.10. The van der Waals surface area contributed by atoms with Crippen LogP contribution in [0.3, 0.4) is 0 Å². The minimum Gasteiger partial charge on any atom is -0.459 e. The van der Waals surface area contributed by atoms with Gasteiger partial charge in [0, 0.05) is 18.8 Å². The maximum absolute atomic E-state index is 13.0. The molecule has 130 valence electrons. The molecule has 0 saturated heterocycles. The zero-order valence-electron chi connectivity index (χ0n) is 14.9. The van der Waals surface area contributed by atoms with Gasteiger partial charge < -0.3 is 9.53 Å². The molecule has 4 nitrogen and oxygen atoms in total. The van der Waals surface area contributed by atoms with E-state index < -0.39 is 22.9 Å². The van der Waals surface area contributed by atoms with E-state index in [0.29, 0.717) is 19.3 Å². The minimum atomic E-state index is -1.25. The van der Waals surface area contributed by atoms with Gasteiger partial charge in [0.25, 0.3) is 0 Å². The van der Waals surface area contributed by atoms with Gasteiger partial charge in [-0.1, -0.05) is 30.3 Å². The molecule has 0 unspecified atom stereocenters. The van der Waals surface area contributed by atoms with Gasteiger partial charge in [0.15, 0.2) is 5.78 Å². The molecule has 1 aromatic carbocycles. The second kappa shape index (κ2) is 6.88. The topological polar surface area (TPSA) is 60.4 Å². The lowest BCUT2D eigenvalue weighted by Crippen LogP contribution is -2.45. The lowest BCUT2D eigenvalue weighted by molar-refractivity contribution is -0.171. The summed E-state index contributed by atoms with van der Waals surface area (Å²) in [5.41, 5.74) is -1.08. The molecule has 0 aliphatic heterocycles. The molecule has 2 atom stereocenters.